The third-order valence-electron chi connectivity index (χ3n) is 2.86. The minimum atomic E-state index is -0.172. The SMILES string of the molecule is Cc1ccc(NC(=O)/C=C/C=C/c2ccc(O)cc2)cc1. The summed E-state index contributed by atoms with van der Waals surface area (Å²) in [4.78, 5) is 11.7. The minimum Gasteiger partial charge on any atom is -0.508 e. The van der Waals surface area contributed by atoms with Crippen molar-refractivity contribution in [3.63, 3.8) is 0 Å². The van der Waals surface area contributed by atoms with E-state index >= 15 is 0 Å². The Balaban J connectivity index is 1.87. The van der Waals surface area contributed by atoms with Gasteiger partial charge in [-0.2, -0.15) is 0 Å². The van der Waals surface area contributed by atoms with Gasteiger partial charge in [-0.15, -0.1) is 0 Å². The van der Waals surface area contributed by atoms with Gasteiger partial charge in [0.2, 0.25) is 5.91 Å². The molecule has 2 rings (SSSR count). The molecule has 0 unspecified atom stereocenters. The number of phenols is 1. The first kappa shape index (κ1) is 14.6. The molecule has 0 spiro atoms. The molecule has 0 saturated heterocycles. The molecule has 21 heavy (non-hydrogen) atoms. The summed E-state index contributed by atoms with van der Waals surface area (Å²) in [6.45, 7) is 2.00. The van der Waals surface area contributed by atoms with Crippen LogP contribution in [0.3, 0.4) is 0 Å². The quantitative estimate of drug-likeness (QED) is 0.658. The van der Waals surface area contributed by atoms with Crippen LogP contribution < -0.4 is 5.32 Å². The average molecular weight is 279 g/mol. The maximum absolute atomic E-state index is 11.7. The van der Waals surface area contributed by atoms with Gasteiger partial charge in [0, 0.05) is 11.8 Å². The first-order valence-corrected chi connectivity index (χ1v) is 6.65. The predicted molar refractivity (Wildman–Crippen MR) is 86.1 cm³/mol. The zero-order valence-electron chi connectivity index (χ0n) is 11.8. The Kier molecular flexibility index (Phi) is 4.94. The van der Waals surface area contributed by atoms with Crippen LogP contribution in [-0.2, 0) is 4.79 Å². The van der Waals surface area contributed by atoms with E-state index in [0.717, 1.165) is 16.8 Å². The number of carbonyl (C=O) groups excluding carboxylic acids is 1. The topological polar surface area (TPSA) is 49.3 Å². The number of benzene rings is 2. The highest BCUT2D eigenvalue weighted by atomic mass is 16.3. The number of anilines is 1. The average Bonchev–Trinajstić information content (AvgIpc) is 2.48. The summed E-state index contributed by atoms with van der Waals surface area (Å²) in [5.74, 6) is 0.0642. The van der Waals surface area contributed by atoms with E-state index in [-0.39, 0.29) is 11.7 Å². The van der Waals surface area contributed by atoms with Crippen LogP contribution in [0.25, 0.3) is 6.08 Å². The normalized spacial score (nSPS) is 11.1. The van der Waals surface area contributed by atoms with E-state index < -0.39 is 0 Å². The zero-order valence-corrected chi connectivity index (χ0v) is 11.8. The van der Waals surface area contributed by atoms with Gasteiger partial charge in [-0.3, -0.25) is 4.79 Å². The Hall–Kier alpha value is -2.81. The molecule has 1 amide bonds. The third kappa shape index (κ3) is 4.99. The molecular formula is C18H17NO2. The molecule has 0 atom stereocenters. The first-order valence-electron chi connectivity index (χ1n) is 6.65. The third-order valence-corrected chi connectivity index (χ3v) is 2.86. The Bertz CT molecular complexity index is 653. The fourth-order valence-corrected chi connectivity index (χ4v) is 1.72. The standard InChI is InChI=1S/C18H17NO2/c1-14-6-10-16(11-7-14)19-18(21)5-3-2-4-15-8-12-17(20)13-9-15/h2-13,20H,1H3,(H,19,21)/b4-2+,5-3+. The van der Waals surface area contributed by atoms with Crippen LogP contribution in [0, 0.1) is 6.92 Å². The number of hydrogen-bond acceptors (Lipinski definition) is 2. The van der Waals surface area contributed by atoms with Gasteiger partial charge in [-0.1, -0.05) is 48.1 Å². The largest absolute Gasteiger partial charge is 0.508 e. The lowest BCUT2D eigenvalue weighted by molar-refractivity contribution is -0.111. The van der Waals surface area contributed by atoms with Crippen LogP contribution in [0.1, 0.15) is 11.1 Å². The van der Waals surface area contributed by atoms with Gasteiger partial charge in [-0.25, -0.2) is 0 Å². The number of carbonyl (C=O) groups is 1. The molecule has 3 nitrogen and oxygen atoms in total. The number of rotatable bonds is 4. The predicted octanol–water partition coefficient (Wildman–Crippen LogP) is 3.91. The molecule has 0 aromatic heterocycles. The second-order valence-electron chi connectivity index (χ2n) is 4.67. The molecular weight excluding hydrogens is 262 g/mol. The molecule has 3 heteroatoms. The summed E-state index contributed by atoms with van der Waals surface area (Å²) in [5.41, 5.74) is 2.88. The number of amides is 1. The lowest BCUT2D eigenvalue weighted by Crippen LogP contribution is -2.07. The van der Waals surface area contributed by atoms with Crippen molar-refractivity contribution in [2.24, 2.45) is 0 Å². The fraction of sp³-hybridized carbons (Fsp3) is 0.0556. The van der Waals surface area contributed by atoms with Gasteiger partial charge < -0.3 is 10.4 Å². The highest BCUT2D eigenvalue weighted by Gasteiger charge is 1.96. The molecule has 0 aliphatic rings. The van der Waals surface area contributed by atoms with Crippen molar-refractivity contribution < 1.29 is 9.90 Å². The summed E-state index contributed by atoms with van der Waals surface area (Å²) in [5, 5.41) is 11.9. The summed E-state index contributed by atoms with van der Waals surface area (Å²) in [6, 6.07) is 14.5. The fourth-order valence-electron chi connectivity index (χ4n) is 1.72. The molecule has 0 saturated carbocycles. The van der Waals surface area contributed by atoms with Crippen molar-refractivity contribution in [1.82, 2.24) is 0 Å². The Labute approximate surface area is 124 Å². The molecule has 0 heterocycles. The summed E-state index contributed by atoms with van der Waals surface area (Å²) >= 11 is 0. The first-order chi connectivity index (χ1) is 10.1. The van der Waals surface area contributed by atoms with Crippen LogP contribution in [0.4, 0.5) is 5.69 Å². The van der Waals surface area contributed by atoms with Crippen molar-refractivity contribution in [2.75, 3.05) is 5.32 Å². The Morgan fingerprint density at radius 3 is 2.33 bits per heavy atom. The molecule has 2 aromatic carbocycles. The van der Waals surface area contributed by atoms with Crippen LogP contribution in [0.15, 0.2) is 66.8 Å². The lowest BCUT2D eigenvalue weighted by atomic mass is 10.2. The maximum Gasteiger partial charge on any atom is 0.248 e. The summed E-state index contributed by atoms with van der Waals surface area (Å²) in [6.07, 6.45) is 6.78. The molecule has 0 bridgehead atoms. The van der Waals surface area contributed by atoms with Crippen LogP contribution in [-0.4, -0.2) is 11.0 Å². The van der Waals surface area contributed by atoms with E-state index in [4.69, 9.17) is 5.11 Å². The Morgan fingerprint density at radius 1 is 1.00 bits per heavy atom. The van der Waals surface area contributed by atoms with E-state index in [1.54, 1.807) is 36.4 Å². The monoisotopic (exact) mass is 279 g/mol. The zero-order chi connectivity index (χ0) is 15.1. The van der Waals surface area contributed by atoms with E-state index in [1.165, 1.54) is 6.08 Å². The van der Waals surface area contributed by atoms with Gasteiger partial charge in [0.05, 0.1) is 0 Å². The number of allylic oxidation sites excluding steroid dienone is 2. The van der Waals surface area contributed by atoms with Crippen molar-refractivity contribution in [3.05, 3.63) is 77.9 Å². The smallest absolute Gasteiger partial charge is 0.248 e. The number of nitrogens with one attached hydrogen (secondary N) is 1. The highest BCUT2D eigenvalue weighted by Crippen LogP contribution is 2.11. The van der Waals surface area contributed by atoms with E-state index in [2.05, 4.69) is 5.32 Å². The second kappa shape index (κ2) is 7.10. The van der Waals surface area contributed by atoms with Crippen molar-refractivity contribution >= 4 is 17.7 Å². The van der Waals surface area contributed by atoms with E-state index in [1.807, 2.05) is 37.3 Å². The molecule has 0 aliphatic carbocycles. The highest BCUT2D eigenvalue weighted by molar-refractivity contribution is 5.99. The van der Waals surface area contributed by atoms with Gasteiger partial charge in [0.25, 0.3) is 0 Å². The van der Waals surface area contributed by atoms with Crippen LogP contribution in [0.5, 0.6) is 5.75 Å². The number of aryl methyl sites for hydroxylation is 1. The molecule has 2 N–H and O–H groups in total. The van der Waals surface area contributed by atoms with Gasteiger partial charge in [0.15, 0.2) is 0 Å². The van der Waals surface area contributed by atoms with E-state index in [0.29, 0.717) is 0 Å². The number of aromatic hydroxyl groups is 1. The van der Waals surface area contributed by atoms with Crippen LogP contribution in [0.2, 0.25) is 0 Å². The van der Waals surface area contributed by atoms with E-state index in [9.17, 15) is 4.79 Å². The minimum absolute atomic E-state index is 0.172. The maximum atomic E-state index is 11.7. The molecule has 0 radical (unpaired) electrons. The molecule has 106 valence electrons. The van der Waals surface area contributed by atoms with Gasteiger partial charge >= 0.3 is 0 Å². The summed E-state index contributed by atoms with van der Waals surface area (Å²) < 4.78 is 0. The summed E-state index contributed by atoms with van der Waals surface area (Å²) in [7, 11) is 0. The molecule has 0 aliphatic heterocycles. The lowest BCUT2D eigenvalue weighted by Gasteiger charge is -2.01. The Morgan fingerprint density at radius 2 is 1.67 bits per heavy atom. The van der Waals surface area contributed by atoms with Crippen LogP contribution >= 0.6 is 0 Å². The number of phenolic OH excluding ortho intramolecular Hbond substituents is 1. The molecule has 0 fully saturated rings. The van der Waals surface area contributed by atoms with Crippen molar-refractivity contribution in [1.29, 1.82) is 0 Å². The van der Waals surface area contributed by atoms with Gasteiger partial charge in [-0.05, 0) is 36.8 Å². The van der Waals surface area contributed by atoms with Crippen molar-refractivity contribution in [2.45, 2.75) is 6.92 Å². The molecule has 2 aromatic rings. The number of hydrogen-bond donors (Lipinski definition) is 2. The van der Waals surface area contributed by atoms with Crippen molar-refractivity contribution in [3.8, 4) is 5.75 Å². The second-order valence-corrected chi connectivity index (χ2v) is 4.67. The van der Waals surface area contributed by atoms with Gasteiger partial charge in [0.1, 0.15) is 5.75 Å².